The van der Waals surface area contributed by atoms with Gasteiger partial charge in [0.15, 0.2) is 5.82 Å². The molecule has 0 radical (unpaired) electrons. The molecular formula is C13H22N4O. The van der Waals surface area contributed by atoms with Crippen molar-refractivity contribution in [2.75, 3.05) is 18.0 Å². The Balaban J connectivity index is 2.29. The maximum Gasteiger partial charge on any atom is 0.293 e. The molecule has 2 unspecified atom stereocenters. The van der Waals surface area contributed by atoms with Gasteiger partial charge in [-0.15, -0.1) is 0 Å². The minimum absolute atomic E-state index is 0.00447. The van der Waals surface area contributed by atoms with E-state index in [0.717, 1.165) is 19.5 Å². The van der Waals surface area contributed by atoms with Gasteiger partial charge < -0.3 is 15.2 Å². The van der Waals surface area contributed by atoms with Crippen molar-refractivity contribution in [1.29, 1.82) is 0 Å². The summed E-state index contributed by atoms with van der Waals surface area (Å²) in [6.07, 6.45) is 4.37. The van der Waals surface area contributed by atoms with Crippen molar-refractivity contribution in [1.82, 2.24) is 9.55 Å². The van der Waals surface area contributed by atoms with E-state index in [-0.39, 0.29) is 17.6 Å². The van der Waals surface area contributed by atoms with Crippen molar-refractivity contribution in [3.63, 3.8) is 0 Å². The lowest BCUT2D eigenvalue weighted by atomic mass is 9.95. The largest absolute Gasteiger partial charge is 0.352 e. The van der Waals surface area contributed by atoms with Gasteiger partial charge in [-0.2, -0.15) is 0 Å². The first-order chi connectivity index (χ1) is 8.50. The van der Waals surface area contributed by atoms with Crippen LogP contribution in [0.1, 0.15) is 33.2 Å². The van der Waals surface area contributed by atoms with Crippen LogP contribution in [0.2, 0.25) is 0 Å². The summed E-state index contributed by atoms with van der Waals surface area (Å²) in [5.41, 5.74) is 6.00. The maximum atomic E-state index is 12.3. The topological polar surface area (TPSA) is 64.2 Å². The van der Waals surface area contributed by atoms with Crippen molar-refractivity contribution in [3.05, 3.63) is 22.7 Å². The van der Waals surface area contributed by atoms with E-state index in [9.17, 15) is 4.79 Å². The summed E-state index contributed by atoms with van der Waals surface area (Å²) >= 11 is 0. The third-order valence-corrected chi connectivity index (χ3v) is 3.68. The molecule has 0 bridgehead atoms. The van der Waals surface area contributed by atoms with Gasteiger partial charge >= 0.3 is 0 Å². The molecule has 18 heavy (non-hydrogen) atoms. The highest BCUT2D eigenvalue weighted by atomic mass is 16.1. The molecular weight excluding hydrogens is 228 g/mol. The summed E-state index contributed by atoms with van der Waals surface area (Å²) < 4.78 is 1.72. The normalized spacial score (nSPS) is 24.6. The number of hydrogen-bond acceptors (Lipinski definition) is 4. The number of rotatable bonds is 2. The molecule has 1 aliphatic heterocycles. The van der Waals surface area contributed by atoms with Gasteiger partial charge in [-0.1, -0.05) is 6.92 Å². The van der Waals surface area contributed by atoms with Crippen LogP contribution in [0.4, 0.5) is 5.82 Å². The zero-order valence-corrected chi connectivity index (χ0v) is 11.3. The summed E-state index contributed by atoms with van der Waals surface area (Å²) in [6.45, 7) is 7.75. The monoisotopic (exact) mass is 250 g/mol. The molecule has 1 fully saturated rings. The molecule has 0 saturated carbocycles. The molecule has 5 heteroatoms. The van der Waals surface area contributed by atoms with E-state index in [1.165, 1.54) is 0 Å². The number of hydrogen-bond donors (Lipinski definition) is 1. The highest BCUT2D eigenvalue weighted by molar-refractivity contribution is 5.36. The van der Waals surface area contributed by atoms with Crippen LogP contribution < -0.4 is 16.2 Å². The third kappa shape index (κ3) is 2.41. The van der Waals surface area contributed by atoms with Crippen molar-refractivity contribution >= 4 is 5.82 Å². The average Bonchev–Trinajstić information content (AvgIpc) is 2.33. The molecule has 1 saturated heterocycles. The van der Waals surface area contributed by atoms with E-state index in [2.05, 4.69) is 16.8 Å². The lowest BCUT2D eigenvalue weighted by Gasteiger charge is -2.35. The highest BCUT2D eigenvalue weighted by Gasteiger charge is 2.25. The van der Waals surface area contributed by atoms with Crippen LogP contribution in [0.5, 0.6) is 0 Å². The third-order valence-electron chi connectivity index (χ3n) is 3.68. The predicted octanol–water partition coefficient (Wildman–Crippen LogP) is 0.998. The minimum Gasteiger partial charge on any atom is -0.352 e. The quantitative estimate of drug-likeness (QED) is 0.850. The van der Waals surface area contributed by atoms with Gasteiger partial charge in [0.1, 0.15) is 0 Å². The molecule has 2 heterocycles. The van der Waals surface area contributed by atoms with Crippen LogP contribution in [0.25, 0.3) is 0 Å². The fourth-order valence-corrected chi connectivity index (χ4v) is 2.39. The molecule has 0 aromatic carbocycles. The van der Waals surface area contributed by atoms with Crippen LogP contribution in [-0.4, -0.2) is 28.7 Å². The zero-order valence-electron chi connectivity index (χ0n) is 11.3. The Labute approximate surface area is 108 Å². The summed E-state index contributed by atoms with van der Waals surface area (Å²) in [4.78, 5) is 18.6. The van der Waals surface area contributed by atoms with Crippen LogP contribution in [-0.2, 0) is 0 Å². The van der Waals surface area contributed by atoms with Gasteiger partial charge in [0.25, 0.3) is 5.56 Å². The second-order valence-electron chi connectivity index (χ2n) is 5.43. The van der Waals surface area contributed by atoms with E-state index in [4.69, 9.17) is 5.73 Å². The number of anilines is 1. The van der Waals surface area contributed by atoms with Crippen molar-refractivity contribution in [2.24, 2.45) is 11.7 Å². The summed E-state index contributed by atoms with van der Waals surface area (Å²) in [7, 11) is 0. The fraction of sp³-hybridized carbons (Fsp3) is 0.692. The maximum absolute atomic E-state index is 12.3. The molecule has 1 aromatic heterocycles. The fourth-order valence-electron chi connectivity index (χ4n) is 2.39. The average molecular weight is 250 g/mol. The summed E-state index contributed by atoms with van der Waals surface area (Å²) in [5, 5.41) is 0. The van der Waals surface area contributed by atoms with E-state index in [0.29, 0.717) is 11.7 Å². The number of piperidine rings is 1. The number of aromatic nitrogens is 2. The molecule has 2 rings (SSSR count). The van der Waals surface area contributed by atoms with Crippen molar-refractivity contribution in [2.45, 2.75) is 39.3 Å². The lowest BCUT2D eigenvalue weighted by Crippen LogP contribution is -2.48. The zero-order chi connectivity index (χ0) is 13.3. The Morgan fingerprint density at radius 2 is 2.22 bits per heavy atom. The predicted molar refractivity (Wildman–Crippen MR) is 72.9 cm³/mol. The first-order valence-corrected chi connectivity index (χ1v) is 6.58. The van der Waals surface area contributed by atoms with Gasteiger partial charge in [0.05, 0.1) is 0 Å². The smallest absolute Gasteiger partial charge is 0.293 e. The van der Waals surface area contributed by atoms with E-state index >= 15 is 0 Å². The van der Waals surface area contributed by atoms with Crippen LogP contribution in [0.3, 0.4) is 0 Å². The number of nitrogens with two attached hydrogens (primary N) is 1. The first kappa shape index (κ1) is 13.1. The van der Waals surface area contributed by atoms with Gasteiger partial charge in [-0.25, -0.2) is 4.98 Å². The SMILES string of the molecule is CC1CN(c2nccn(C(C)C)c2=O)CCC1N. The second kappa shape index (κ2) is 5.10. The Hall–Kier alpha value is -1.36. The molecule has 0 aliphatic carbocycles. The van der Waals surface area contributed by atoms with Gasteiger partial charge in [-0.3, -0.25) is 4.79 Å². The molecule has 0 spiro atoms. The molecule has 5 nitrogen and oxygen atoms in total. The van der Waals surface area contributed by atoms with E-state index in [1.54, 1.807) is 17.0 Å². The Bertz CT molecular complexity index is 468. The Morgan fingerprint density at radius 3 is 2.83 bits per heavy atom. The Morgan fingerprint density at radius 1 is 1.50 bits per heavy atom. The van der Waals surface area contributed by atoms with Gasteiger partial charge in [0, 0.05) is 37.6 Å². The number of nitrogens with zero attached hydrogens (tertiary/aromatic N) is 3. The van der Waals surface area contributed by atoms with E-state index < -0.39 is 0 Å². The first-order valence-electron chi connectivity index (χ1n) is 6.58. The lowest BCUT2D eigenvalue weighted by molar-refractivity contribution is 0.380. The summed E-state index contributed by atoms with van der Waals surface area (Å²) in [6, 6.07) is 0.390. The van der Waals surface area contributed by atoms with Crippen molar-refractivity contribution in [3.8, 4) is 0 Å². The molecule has 100 valence electrons. The molecule has 2 N–H and O–H groups in total. The highest BCUT2D eigenvalue weighted by Crippen LogP contribution is 2.18. The van der Waals surface area contributed by atoms with Gasteiger partial charge in [0.2, 0.25) is 0 Å². The van der Waals surface area contributed by atoms with Crippen LogP contribution >= 0.6 is 0 Å². The van der Waals surface area contributed by atoms with Crippen LogP contribution in [0, 0.1) is 5.92 Å². The minimum atomic E-state index is -0.00447. The molecule has 2 atom stereocenters. The molecule has 1 aromatic rings. The summed E-state index contributed by atoms with van der Waals surface area (Å²) in [5.74, 6) is 0.956. The van der Waals surface area contributed by atoms with Crippen LogP contribution in [0.15, 0.2) is 17.2 Å². The molecule has 0 amide bonds. The van der Waals surface area contributed by atoms with Crippen molar-refractivity contribution < 1.29 is 0 Å². The molecule has 1 aliphatic rings. The second-order valence-corrected chi connectivity index (χ2v) is 5.43. The van der Waals surface area contributed by atoms with Gasteiger partial charge in [-0.05, 0) is 26.2 Å². The Kier molecular flexibility index (Phi) is 3.71. The standard InChI is InChI=1S/C13H22N4O/c1-9(2)17-7-5-15-12(13(17)18)16-6-4-11(14)10(3)8-16/h5,7,9-11H,4,6,8,14H2,1-3H3. The van der Waals surface area contributed by atoms with E-state index in [1.807, 2.05) is 13.8 Å².